The van der Waals surface area contributed by atoms with Gasteiger partial charge in [0, 0.05) is 12.6 Å². The smallest absolute Gasteiger partial charge is 0.0252 e. The van der Waals surface area contributed by atoms with Gasteiger partial charge in [-0.15, -0.1) is 0 Å². The van der Waals surface area contributed by atoms with Crippen LogP contribution in [-0.4, -0.2) is 24.0 Å². The van der Waals surface area contributed by atoms with Crippen LogP contribution >= 0.6 is 0 Å². The van der Waals surface area contributed by atoms with E-state index >= 15 is 0 Å². The van der Waals surface area contributed by atoms with Gasteiger partial charge in [-0.1, -0.05) is 40.5 Å². The Balaban J connectivity index is 1.70. The van der Waals surface area contributed by atoms with E-state index in [1.807, 2.05) is 0 Å². The molecule has 1 heterocycles. The van der Waals surface area contributed by atoms with Crippen LogP contribution < -0.4 is 0 Å². The Morgan fingerprint density at radius 1 is 1.06 bits per heavy atom. The first kappa shape index (κ1) is 14.4. The van der Waals surface area contributed by atoms with Crippen molar-refractivity contribution in [1.29, 1.82) is 0 Å². The predicted octanol–water partition coefficient (Wildman–Crippen LogP) is 4.57. The summed E-state index contributed by atoms with van der Waals surface area (Å²) in [5.74, 6) is 3.84. The molecular formula is C17H33N. The van der Waals surface area contributed by atoms with Crippen molar-refractivity contribution in [1.82, 2.24) is 4.90 Å². The van der Waals surface area contributed by atoms with E-state index in [9.17, 15) is 0 Å². The van der Waals surface area contributed by atoms with Crippen LogP contribution in [0.4, 0.5) is 0 Å². The molecule has 0 bridgehead atoms. The van der Waals surface area contributed by atoms with Crippen molar-refractivity contribution >= 4 is 0 Å². The van der Waals surface area contributed by atoms with Gasteiger partial charge in [0.25, 0.3) is 0 Å². The third-order valence-corrected chi connectivity index (χ3v) is 4.92. The monoisotopic (exact) mass is 251 g/mol. The van der Waals surface area contributed by atoms with E-state index in [2.05, 4.69) is 32.6 Å². The van der Waals surface area contributed by atoms with Gasteiger partial charge in [0.05, 0.1) is 0 Å². The molecule has 0 radical (unpaired) electrons. The molecule has 1 heteroatoms. The highest BCUT2D eigenvalue weighted by atomic mass is 15.3. The summed E-state index contributed by atoms with van der Waals surface area (Å²) in [4.78, 5) is 2.74. The summed E-state index contributed by atoms with van der Waals surface area (Å²) >= 11 is 0. The normalized spacial score (nSPS) is 36.3. The van der Waals surface area contributed by atoms with Gasteiger partial charge in [0.15, 0.2) is 0 Å². The van der Waals surface area contributed by atoms with Crippen molar-refractivity contribution in [3.8, 4) is 0 Å². The maximum atomic E-state index is 2.74. The van der Waals surface area contributed by atoms with Crippen molar-refractivity contribution in [2.24, 2.45) is 23.7 Å². The van der Waals surface area contributed by atoms with E-state index in [1.165, 1.54) is 51.6 Å². The van der Waals surface area contributed by atoms with Gasteiger partial charge in [-0.2, -0.15) is 0 Å². The molecule has 1 aliphatic carbocycles. The average Bonchev–Trinajstić information content (AvgIpc) is 3.05. The van der Waals surface area contributed by atoms with Crippen LogP contribution in [0.2, 0.25) is 0 Å². The van der Waals surface area contributed by atoms with Gasteiger partial charge in [-0.25, -0.2) is 0 Å². The van der Waals surface area contributed by atoms with Gasteiger partial charge >= 0.3 is 0 Å². The maximum Gasteiger partial charge on any atom is 0.0252 e. The molecule has 106 valence electrons. The minimum Gasteiger partial charge on any atom is -0.297 e. The predicted molar refractivity (Wildman–Crippen MR) is 79.7 cm³/mol. The summed E-state index contributed by atoms with van der Waals surface area (Å²) < 4.78 is 0. The summed E-state index contributed by atoms with van der Waals surface area (Å²) in [5, 5.41) is 0. The molecule has 2 rings (SSSR count). The molecule has 0 amide bonds. The highest BCUT2D eigenvalue weighted by molar-refractivity contribution is 4.96. The zero-order valence-electron chi connectivity index (χ0n) is 13.0. The van der Waals surface area contributed by atoms with Crippen LogP contribution in [0.5, 0.6) is 0 Å². The molecule has 1 aliphatic heterocycles. The van der Waals surface area contributed by atoms with Gasteiger partial charge < -0.3 is 0 Å². The molecule has 4 atom stereocenters. The number of hydrogen-bond acceptors (Lipinski definition) is 1. The lowest BCUT2D eigenvalue weighted by atomic mass is 9.76. The minimum absolute atomic E-state index is 0.867. The Kier molecular flexibility index (Phi) is 5.12. The lowest BCUT2D eigenvalue weighted by molar-refractivity contribution is 0.216. The molecule has 0 aromatic rings. The Morgan fingerprint density at radius 3 is 2.50 bits per heavy atom. The first-order valence-corrected chi connectivity index (χ1v) is 8.30. The fraction of sp³-hybridized carbons (Fsp3) is 1.00. The maximum absolute atomic E-state index is 2.74. The van der Waals surface area contributed by atoms with Crippen molar-refractivity contribution in [2.75, 3.05) is 13.1 Å². The molecule has 4 unspecified atom stereocenters. The molecule has 1 saturated heterocycles. The van der Waals surface area contributed by atoms with Crippen LogP contribution in [0, 0.1) is 23.7 Å². The second-order valence-electron chi connectivity index (χ2n) is 7.67. The van der Waals surface area contributed by atoms with E-state index in [0.717, 1.165) is 29.7 Å². The minimum atomic E-state index is 0.867. The highest BCUT2D eigenvalue weighted by Crippen LogP contribution is 2.40. The first-order chi connectivity index (χ1) is 8.56. The number of nitrogens with zero attached hydrogens (tertiary/aromatic N) is 1. The largest absolute Gasteiger partial charge is 0.297 e. The van der Waals surface area contributed by atoms with Crippen molar-refractivity contribution in [3.05, 3.63) is 0 Å². The second kappa shape index (κ2) is 6.41. The number of rotatable bonds is 6. The summed E-state index contributed by atoms with van der Waals surface area (Å²) in [6.07, 6.45) is 8.90. The van der Waals surface area contributed by atoms with Crippen LogP contribution in [0.15, 0.2) is 0 Å². The lowest BCUT2D eigenvalue weighted by Gasteiger charge is -2.30. The van der Waals surface area contributed by atoms with Crippen molar-refractivity contribution < 1.29 is 0 Å². The fourth-order valence-electron chi connectivity index (χ4n) is 3.88. The average molecular weight is 251 g/mol. The van der Waals surface area contributed by atoms with E-state index < -0.39 is 0 Å². The first-order valence-electron chi connectivity index (χ1n) is 8.30. The van der Waals surface area contributed by atoms with Crippen molar-refractivity contribution in [3.63, 3.8) is 0 Å². The third-order valence-electron chi connectivity index (χ3n) is 4.92. The Morgan fingerprint density at radius 2 is 1.83 bits per heavy atom. The van der Waals surface area contributed by atoms with Gasteiger partial charge in [-0.3, -0.25) is 4.90 Å². The van der Waals surface area contributed by atoms with Crippen LogP contribution in [0.1, 0.15) is 66.2 Å². The van der Waals surface area contributed by atoms with Gasteiger partial charge in [0.1, 0.15) is 0 Å². The molecule has 2 aliphatic rings. The Hall–Kier alpha value is -0.0400. The highest BCUT2D eigenvalue weighted by Gasteiger charge is 2.41. The zero-order valence-corrected chi connectivity index (χ0v) is 13.0. The SMILES string of the molecule is CC(C)CCN1CC1C1CCCC(CC(C)C)C1. The molecule has 0 spiro atoms. The van der Waals surface area contributed by atoms with Crippen LogP contribution in [0.25, 0.3) is 0 Å². The molecular weight excluding hydrogens is 218 g/mol. The standard InChI is InChI=1S/C17H33N/c1-13(2)8-9-18-12-17(18)16-7-5-6-15(11-16)10-14(3)4/h13-17H,5-12H2,1-4H3. The molecule has 1 saturated carbocycles. The Bertz CT molecular complexity index is 246. The van der Waals surface area contributed by atoms with E-state index in [0.29, 0.717) is 0 Å². The second-order valence-corrected chi connectivity index (χ2v) is 7.67. The van der Waals surface area contributed by atoms with E-state index in [-0.39, 0.29) is 0 Å². The van der Waals surface area contributed by atoms with E-state index in [4.69, 9.17) is 0 Å². The van der Waals surface area contributed by atoms with Gasteiger partial charge in [0.2, 0.25) is 0 Å². The summed E-state index contributed by atoms with van der Waals surface area (Å²) in [5.41, 5.74) is 0. The Labute approximate surface area is 114 Å². The molecule has 0 aromatic carbocycles. The molecule has 0 aromatic heterocycles. The fourth-order valence-corrected chi connectivity index (χ4v) is 3.88. The zero-order chi connectivity index (χ0) is 13.1. The van der Waals surface area contributed by atoms with Crippen LogP contribution in [-0.2, 0) is 0 Å². The lowest BCUT2D eigenvalue weighted by Crippen LogP contribution is -2.23. The molecule has 0 N–H and O–H groups in total. The van der Waals surface area contributed by atoms with Gasteiger partial charge in [-0.05, 0) is 55.9 Å². The molecule has 1 nitrogen and oxygen atoms in total. The number of hydrogen-bond donors (Lipinski definition) is 0. The van der Waals surface area contributed by atoms with E-state index in [1.54, 1.807) is 0 Å². The summed E-state index contributed by atoms with van der Waals surface area (Å²) in [7, 11) is 0. The van der Waals surface area contributed by atoms with Crippen LogP contribution in [0.3, 0.4) is 0 Å². The van der Waals surface area contributed by atoms with Crippen molar-refractivity contribution in [2.45, 2.75) is 72.3 Å². The third kappa shape index (κ3) is 4.26. The molecule has 18 heavy (non-hydrogen) atoms. The summed E-state index contributed by atoms with van der Waals surface area (Å²) in [6.45, 7) is 12.2. The summed E-state index contributed by atoms with van der Waals surface area (Å²) in [6, 6.07) is 0.971. The quantitative estimate of drug-likeness (QED) is 0.625. The molecule has 2 fully saturated rings. The topological polar surface area (TPSA) is 3.01 Å².